The van der Waals surface area contributed by atoms with Crippen molar-refractivity contribution in [3.8, 4) is 0 Å². The number of rotatable bonds is 3. The zero-order valence-corrected chi connectivity index (χ0v) is 12.9. The Bertz CT molecular complexity index is 546. The van der Waals surface area contributed by atoms with Crippen LogP contribution in [0.15, 0.2) is 22.7 Å². The Balaban J connectivity index is 1.80. The quantitative estimate of drug-likeness (QED) is 0.838. The van der Waals surface area contributed by atoms with Crippen molar-refractivity contribution in [2.45, 2.75) is 25.7 Å². The lowest BCUT2D eigenvalue weighted by Gasteiger charge is -2.18. The van der Waals surface area contributed by atoms with Crippen LogP contribution in [0.2, 0.25) is 0 Å². The molecule has 0 radical (unpaired) electrons. The molecule has 1 aromatic heterocycles. The van der Waals surface area contributed by atoms with Gasteiger partial charge < -0.3 is 4.90 Å². The molecule has 0 amide bonds. The first kappa shape index (κ1) is 12.6. The van der Waals surface area contributed by atoms with E-state index in [1.165, 1.54) is 35.6 Å². The summed E-state index contributed by atoms with van der Waals surface area (Å²) < 4.78 is 2.40. The van der Waals surface area contributed by atoms with Crippen LogP contribution in [-0.2, 0) is 0 Å². The highest BCUT2D eigenvalue weighted by Gasteiger charge is 2.18. The molecule has 1 unspecified atom stereocenters. The smallest absolute Gasteiger partial charge is 0.0979 e. The van der Waals surface area contributed by atoms with E-state index in [1.807, 2.05) is 11.3 Å². The lowest BCUT2D eigenvalue weighted by atomic mass is 10.2. The Hall–Kier alpha value is -0.450. The summed E-state index contributed by atoms with van der Waals surface area (Å²) in [5.74, 6) is 0.541. The average Bonchev–Trinajstić information content (AvgIpc) is 2.96. The lowest BCUT2D eigenvalue weighted by Crippen LogP contribution is -2.24. The summed E-state index contributed by atoms with van der Waals surface area (Å²) in [4.78, 5) is 7.34. The Labute approximate surface area is 120 Å². The summed E-state index contributed by atoms with van der Waals surface area (Å²) in [6.07, 6.45) is 2.72. The van der Waals surface area contributed by atoms with Gasteiger partial charge in [-0.05, 0) is 44.1 Å². The molecule has 1 atom stereocenters. The Kier molecular flexibility index (Phi) is 3.68. The fourth-order valence-electron chi connectivity index (χ4n) is 2.56. The molecule has 1 aliphatic heterocycles. The molecule has 1 saturated heterocycles. The molecule has 4 heteroatoms. The fraction of sp³-hybridized carbons (Fsp3) is 0.500. The summed E-state index contributed by atoms with van der Waals surface area (Å²) in [6, 6.07) is 6.36. The van der Waals surface area contributed by atoms with Gasteiger partial charge >= 0.3 is 0 Å². The zero-order valence-electron chi connectivity index (χ0n) is 10.5. The average molecular weight is 325 g/mol. The van der Waals surface area contributed by atoms with Crippen LogP contribution in [0.4, 0.5) is 0 Å². The van der Waals surface area contributed by atoms with E-state index in [1.54, 1.807) is 0 Å². The van der Waals surface area contributed by atoms with E-state index in [0.29, 0.717) is 5.92 Å². The molecule has 0 bridgehead atoms. The molecule has 18 heavy (non-hydrogen) atoms. The predicted molar refractivity (Wildman–Crippen MR) is 81.4 cm³/mol. The van der Waals surface area contributed by atoms with E-state index in [2.05, 4.69) is 46.0 Å². The van der Waals surface area contributed by atoms with E-state index in [4.69, 9.17) is 4.98 Å². The number of fused-ring (bicyclic) bond motifs is 1. The third kappa shape index (κ3) is 2.60. The summed E-state index contributed by atoms with van der Waals surface area (Å²) in [5, 5.41) is 1.27. The van der Waals surface area contributed by atoms with E-state index >= 15 is 0 Å². The number of halogens is 1. The molecule has 2 nitrogen and oxygen atoms in total. The second-order valence-electron chi connectivity index (χ2n) is 5.07. The largest absolute Gasteiger partial charge is 0.303 e. The van der Waals surface area contributed by atoms with E-state index in [-0.39, 0.29) is 0 Å². The third-order valence-electron chi connectivity index (χ3n) is 3.52. The highest BCUT2D eigenvalue weighted by Crippen LogP contribution is 2.30. The second-order valence-corrected chi connectivity index (χ2v) is 7.05. The molecule has 1 aromatic carbocycles. The van der Waals surface area contributed by atoms with Gasteiger partial charge in [0, 0.05) is 16.9 Å². The monoisotopic (exact) mass is 324 g/mol. The van der Waals surface area contributed by atoms with Crippen molar-refractivity contribution in [3.63, 3.8) is 0 Å². The minimum Gasteiger partial charge on any atom is -0.303 e. The number of hydrogen-bond acceptors (Lipinski definition) is 3. The molecule has 1 fully saturated rings. The first-order chi connectivity index (χ1) is 8.72. The Morgan fingerprint density at radius 1 is 1.39 bits per heavy atom. The lowest BCUT2D eigenvalue weighted by molar-refractivity contribution is 0.320. The molecular formula is C14H17BrN2S. The summed E-state index contributed by atoms with van der Waals surface area (Å²) in [5.41, 5.74) is 1.12. The third-order valence-corrected chi connectivity index (χ3v) is 5.28. The summed E-state index contributed by atoms with van der Waals surface area (Å²) in [7, 11) is 0. The first-order valence-corrected chi connectivity index (χ1v) is 8.11. The maximum atomic E-state index is 4.78. The molecule has 1 aliphatic rings. The number of thiazole rings is 1. The number of likely N-dealkylation sites (tertiary alicyclic amines) is 1. The van der Waals surface area contributed by atoms with Gasteiger partial charge in [0.25, 0.3) is 0 Å². The topological polar surface area (TPSA) is 16.1 Å². The van der Waals surface area contributed by atoms with Crippen molar-refractivity contribution in [2.75, 3.05) is 19.6 Å². The van der Waals surface area contributed by atoms with Gasteiger partial charge in [-0.2, -0.15) is 0 Å². The minimum atomic E-state index is 0.541. The van der Waals surface area contributed by atoms with Crippen molar-refractivity contribution in [3.05, 3.63) is 27.7 Å². The van der Waals surface area contributed by atoms with Crippen molar-refractivity contribution in [1.29, 1.82) is 0 Å². The van der Waals surface area contributed by atoms with Gasteiger partial charge in [-0.3, -0.25) is 0 Å². The van der Waals surface area contributed by atoms with Crippen molar-refractivity contribution in [1.82, 2.24) is 9.88 Å². The van der Waals surface area contributed by atoms with Crippen LogP contribution in [0, 0.1) is 0 Å². The molecule has 3 rings (SSSR count). The second kappa shape index (κ2) is 5.27. The van der Waals surface area contributed by atoms with Crippen LogP contribution in [0.25, 0.3) is 10.2 Å². The number of nitrogens with zero attached hydrogens (tertiary/aromatic N) is 2. The normalized spacial score (nSPS) is 18.6. The van der Waals surface area contributed by atoms with E-state index in [0.717, 1.165) is 16.5 Å². The van der Waals surface area contributed by atoms with E-state index < -0.39 is 0 Å². The number of hydrogen-bond donors (Lipinski definition) is 0. The zero-order chi connectivity index (χ0) is 12.5. The molecule has 0 saturated carbocycles. The standard InChI is InChI=1S/C14H17BrN2S/c1-10(9-17-6-2-3-7-17)14-16-12-8-11(15)4-5-13(12)18-14/h4-5,8,10H,2-3,6-7,9H2,1H3. The van der Waals surface area contributed by atoms with Crippen molar-refractivity contribution < 1.29 is 0 Å². The SMILES string of the molecule is CC(CN1CCCC1)c1nc2cc(Br)ccc2s1. The highest BCUT2D eigenvalue weighted by atomic mass is 79.9. The van der Waals surface area contributed by atoms with Crippen LogP contribution >= 0.6 is 27.3 Å². The molecule has 0 spiro atoms. The highest BCUT2D eigenvalue weighted by molar-refractivity contribution is 9.10. The molecular weight excluding hydrogens is 308 g/mol. The molecule has 2 aromatic rings. The Morgan fingerprint density at radius 2 is 2.17 bits per heavy atom. The molecule has 96 valence electrons. The van der Waals surface area contributed by atoms with Gasteiger partial charge in [-0.25, -0.2) is 4.98 Å². The minimum absolute atomic E-state index is 0.541. The van der Waals surface area contributed by atoms with Crippen molar-refractivity contribution >= 4 is 37.5 Å². The van der Waals surface area contributed by atoms with Crippen LogP contribution in [0.1, 0.15) is 30.7 Å². The molecule has 0 aliphatic carbocycles. The van der Waals surface area contributed by atoms with Crippen molar-refractivity contribution in [2.24, 2.45) is 0 Å². The van der Waals surface area contributed by atoms with Gasteiger partial charge in [0.15, 0.2) is 0 Å². The van der Waals surface area contributed by atoms with Gasteiger partial charge in [0.05, 0.1) is 15.2 Å². The van der Waals surface area contributed by atoms with Crippen LogP contribution in [0.5, 0.6) is 0 Å². The summed E-state index contributed by atoms with van der Waals surface area (Å²) in [6.45, 7) is 5.98. The van der Waals surface area contributed by atoms with Gasteiger partial charge in [0.1, 0.15) is 0 Å². The number of benzene rings is 1. The van der Waals surface area contributed by atoms with Gasteiger partial charge in [-0.15, -0.1) is 11.3 Å². The molecule has 0 N–H and O–H groups in total. The number of aromatic nitrogens is 1. The van der Waals surface area contributed by atoms with Gasteiger partial charge in [-0.1, -0.05) is 22.9 Å². The maximum Gasteiger partial charge on any atom is 0.0979 e. The Morgan fingerprint density at radius 3 is 2.94 bits per heavy atom. The maximum absolute atomic E-state index is 4.78. The first-order valence-electron chi connectivity index (χ1n) is 6.51. The fourth-order valence-corrected chi connectivity index (χ4v) is 3.90. The van der Waals surface area contributed by atoms with E-state index in [9.17, 15) is 0 Å². The predicted octanol–water partition coefficient (Wildman–Crippen LogP) is 4.26. The van der Waals surface area contributed by atoms with Gasteiger partial charge in [0.2, 0.25) is 0 Å². The molecule has 2 heterocycles. The van der Waals surface area contributed by atoms with Crippen LogP contribution in [0.3, 0.4) is 0 Å². The summed E-state index contributed by atoms with van der Waals surface area (Å²) >= 11 is 5.34. The van der Waals surface area contributed by atoms with Crippen LogP contribution < -0.4 is 0 Å². The van der Waals surface area contributed by atoms with Crippen LogP contribution in [-0.4, -0.2) is 29.5 Å².